The molecule has 1 atom stereocenters. The highest BCUT2D eigenvalue weighted by Gasteiger charge is 2.20. The van der Waals surface area contributed by atoms with Crippen molar-refractivity contribution >= 4 is 0 Å². The Balaban J connectivity index is 1.46. The Bertz CT molecular complexity index is 926. The molecule has 0 N–H and O–H groups in total. The summed E-state index contributed by atoms with van der Waals surface area (Å²) in [5, 5.41) is 9.07. The van der Waals surface area contributed by atoms with Crippen LogP contribution >= 0.6 is 0 Å². The molecule has 3 aromatic rings. The maximum atomic E-state index is 9.07. The molecule has 1 aromatic heterocycles. The minimum absolute atomic E-state index is 0.00981. The molecule has 5 heteroatoms. The first kappa shape index (κ1) is 15.3. The van der Waals surface area contributed by atoms with E-state index in [4.69, 9.17) is 14.7 Å². The highest BCUT2D eigenvalue weighted by molar-refractivity contribution is 5.58. The van der Waals surface area contributed by atoms with Crippen molar-refractivity contribution in [2.24, 2.45) is 0 Å². The lowest BCUT2D eigenvalue weighted by Crippen LogP contribution is -2.30. The van der Waals surface area contributed by atoms with Crippen LogP contribution in [0.3, 0.4) is 0 Å². The van der Waals surface area contributed by atoms with Crippen molar-refractivity contribution in [3.05, 3.63) is 66.5 Å². The molecule has 2 heterocycles. The Morgan fingerprint density at radius 2 is 2.04 bits per heavy atom. The fourth-order valence-electron chi connectivity index (χ4n) is 2.97. The van der Waals surface area contributed by atoms with Crippen molar-refractivity contribution in [2.45, 2.75) is 19.1 Å². The normalized spacial score (nSPS) is 15.6. The Morgan fingerprint density at radius 3 is 2.92 bits per heavy atom. The number of ether oxygens (including phenoxy) is 2. The summed E-state index contributed by atoms with van der Waals surface area (Å²) in [6, 6.07) is 17.4. The summed E-state index contributed by atoms with van der Waals surface area (Å²) in [7, 11) is 0. The molecule has 1 aliphatic heterocycles. The second kappa shape index (κ2) is 6.70. The number of benzene rings is 2. The van der Waals surface area contributed by atoms with Gasteiger partial charge in [0.05, 0.1) is 11.6 Å². The van der Waals surface area contributed by atoms with Crippen LogP contribution in [0.1, 0.15) is 12.0 Å². The number of para-hydroxylation sites is 2. The molecule has 0 aliphatic carbocycles. The van der Waals surface area contributed by atoms with Gasteiger partial charge in [-0.2, -0.15) is 5.26 Å². The van der Waals surface area contributed by atoms with Gasteiger partial charge in [0.15, 0.2) is 11.5 Å². The van der Waals surface area contributed by atoms with Crippen LogP contribution in [-0.2, 0) is 6.54 Å². The van der Waals surface area contributed by atoms with Crippen molar-refractivity contribution in [3.8, 4) is 29.0 Å². The fraction of sp³-hybridized carbons (Fsp3) is 0.200. The van der Waals surface area contributed by atoms with E-state index in [2.05, 4.69) is 15.6 Å². The van der Waals surface area contributed by atoms with Crippen LogP contribution in [0.25, 0.3) is 11.4 Å². The van der Waals surface area contributed by atoms with Crippen molar-refractivity contribution in [1.29, 1.82) is 5.26 Å². The highest BCUT2D eigenvalue weighted by atomic mass is 16.6. The number of aryl methyl sites for hydroxylation is 1. The van der Waals surface area contributed by atoms with Crippen molar-refractivity contribution < 1.29 is 9.47 Å². The number of imidazole rings is 1. The smallest absolute Gasteiger partial charge is 0.161 e. The number of nitrogens with zero attached hydrogens (tertiary/aromatic N) is 3. The number of hydrogen-bond donors (Lipinski definition) is 0. The van der Waals surface area contributed by atoms with E-state index in [-0.39, 0.29) is 6.10 Å². The molecule has 0 unspecified atom stereocenters. The second-order valence-corrected chi connectivity index (χ2v) is 5.92. The average molecular weight is 331 g/mol. The quantitative estimate of drug-likeness (QED) is 0.732. The van der Waals surface area contributed by atoms with Crippen LogP contribution in [0.2, 0.25) is 0 Å². The van der Waals surface area contributed by atoms with Gasteiger partial charge in [-0.25, -0.2) is 4.98 Å². The molecule has 2 aromatic carbocycles. The van der Waals surface area contributed by atoms with Gasteiger partial charge in [-0.1, -0.05) is 24.3 Å². The summed E-state index contributed by atoms with van der Waals surface area (Å²) in [4.78, 5) is 4.44. The van der Waals surface area contributed by atoms with Gasteiger partial charge in [0.1, 0.15) is 18.5 Å². The van der Waals surface area contributed by atoms with Gasteiger partial charge in [0, 0.05) is 30.9 Å². The van der Waals surface area contributed by atoms with Gasteiger partial charge in [-0.3, -0.25) is 0 Å². The first-order valence-electron chi connectivity index (χ1n) is 8.23. The Labute approximate surface area is 146 Å². The van der Waals surface area contributed by atoms with E-state index in [9.17, 15) is 0 Å². The molecular weight excluding hydrogens is 314 g/mol. The standard InChI is InChI=1S/C20H17N3O2/c21-13-15-4-3-5-16(12-15)20-22-9-11-23(20)10-8-17-14-24-18-6-1-2-7-19(18)25-17/h1-7,9,11-12,17H,8,10,14H2/t17-/m0/s1. The molecule has 0 saturated heterocycles. The third-order valence-corrected chi connectivity index (χ3v) is 4.22. The molecule has 4 rings (SSSR count). The Morgan fingerprint density at radius 1 is 1.16 bits per heavy atom. The average Bonchev–Trinajstić information content (AvgIpc) is 3.15. The predicted octanol–water partition coefficient (Wildman–Crippen LogP) is 3.65. The first-order valence-corrected chi connectivity index (χ1v) is 8.23. The van der Waals surface area contributed by atoms with E-state index in [0.717, 1.165) is 35.9 Å². The number of hydrogen-bond acceptors (Lipinski definition) is 4. The van der Waals surface area contributed by atoms with Crippen LogP contribution in [0.5, 0.6) is 11.5 Å². The summed E-state index contributed by atoms with van der Waals surface area (Å²) in [6.07, 6.45) is 4.56. The van der Waals surface area contributed by atoms with Crippen molar-refractivity contribution in [2.75, 3.05) is 6.61 Å². The molecule has 0 bridgehead atoms. The van der Waals surface area contributed by atoms with E-state index in [1.54, 1.807) is 12.3 Å². The van der Waals surface area contributed by atoms with Crippen LogP contribution < -0.4 is 9.47 Å². The van der Waals surface area contributed by atoms with Gasteiger partial charge in [0.2, 0.25) is 0 Å². The Kier molecular flexibility index (Phi) is 4.09. The molecule has 0 amide bonds. The lowest BCUT2D eigenvalue weighted by molar-refractivity contribution is 0.0817. The van der Waals surface area contributed by atoms with E-state index < -0.39 is 0 Å². The monoisotopic (exact) mass is 331 g/mol. The SMILES string of the molecule is N#Cc1cccc(-c2nccn2CC[C@H]2COc3ccccc3O2)c1. The minimum atomic E-state index is 0.00981. The van der Waals surface area contributed by atoms with Gasteiger partial charge >= 0.3 is 0 Å². The zero-order chi connectivity index (χ0) is 17.1. The van der Waals surface area contributed by atoms with Crippen LogP contribution in [0.15, 0.2) is 60.9 Å². The summed E-state index contributed by atoms with van der Waals surface area (Å²) < 4.78 is 13.9. The van der Waals surface area contributed by atoms with E-state index in [0.29, 0.717) is 12.2 Å². The number of rotatable bonds is 4. The van der Waals surface area contributed by atoms with Gasteiger partial charge in [-0.15, -0.1) is 0 Å². The lowest BCUT2D eigenvalue weighted by Gasteiger charge is -2.26. The van der Waals surface area contributed by atoms with Crippen LogP contribution in [-0.4, -0.2) is 22.3 Å². The highest BCUT2D eigenvalue weighted by Crippen LogP contribution is 2.31. The molecule has 0 saturated carbocycles. The first-order chi connectivity index (χ1) is 12.3. The predicted molar refractivity (Wildman–Crippen MR) is 93.3 cm³/mol. The molecule has 25 heavy (non-hydrogen) atoms. The molecule has 5 nitrogen and oxygen atoms in total. The van der Waals surface area contributed by atoms with E-state index >= 15 is 0 Å². The number of fused-ring (bicyclic) bond motifs is 1. The summed E-state index contributed by atoms with van der Waals surface area (Å²) in [5.41, 5.74) is 1.57. The van der Waals surface area contributed by atoms with E-state index in [1.165, 1.54) is 0 Å². The molecule has 124 valence electrons. The molecule has 1 aliphatic rings. The third kappa shape index (κ3) is 3.20. The molecule has 0 radical (unpaired) electrons. The minimum Gasteiger partial charge on any atom is -0.486 e. The van der Waals surface area contributed by atoms with Crippen molar-refractivity contribution in [1.82, 2.24) is 9.55 Å². The molecule has 0 fully saturated rings. The topological polar surface area (TPSA) is 60.1 Å². The van der Waals surface area contributed by atoms with Crippen molar-refractivity contribution in [3.63, 3.8) is 0 Å². The largest absolute Gasteiger partial charge is 0.486 e. The van der Waals surface area contributed by atoms with E-state index in [1.807, 2.05) is 48.7 Å². The van der Waals surface area contributed by atoms with Gasteiger partial charge in [-0.05, 0) is 24.3 Å². The molecule has 0 spiro atoms. The van der Waals surface area contributed by atoms with Crippen LogP contribution in [0.4, 0.5) is 0 Å². The maximum Gasteiger partial charge on any atom is 0.161 e. The fourth-order valence-corrected chi connectivity index (χ4v) is 2.97. The van der Waals surface area contributed by atoms with Gasteiger partial charge in [0.25, 0.3) is 0 Å². The number of nitriles is 1. The van der Waals surface area contributed by atoms with Gasteiger partial charge < -0.3 is 14.0 Å². The zero-order valence-corrected chi connectivity index (χ0v) is 13.6. The maximum absolute atomic E-state index is 9.07. The molecular formula is C20H17N3O2. The third-order valence-electron chi connectivity index (χ3n) is 4.22. The second-order valence-electron chi connectivity index (χ2n) is 5.92. The number of aromatic nitrogens is 2. The zero-order valence-electron chi connectivity index (χ0n) is 13.6. The summed E-state index contributed by atoms with van der Waals surface area (Å²) >= 11 is 0. The van der Waals surface area contributed by atoms with Crippen LogP contribution in [0, 0.1) is 11.3 Å². The lowest BCUT2D eigenvalue weighted by atomic mass is 10.1. The summed E-state index contributed by atoms with van der Waals surface area (Å²) in [5.74, 6) is 2.45. The Hall–Kier alpha value is -3.26. The summed E-state index contributed by atoms with van der Waals surface area (Å²) in [6.45, 7) is 1.31.